The predicted molar refractivity (Wildman–Crippen MR) is 75.9 cm³/mol. The highest BCUT2D eigenvalue weighted by Gasteiger charge is 2.28. The van der Waals surface area contributed by atoms with Gasteiger partial charge >= 0.3 is 0 Å². The molecule has 0 aliphatic heterocycles. The summed E-state index contributed by atoms with van der Waals surface area (Å²) in [6.45, 7) is 4.12. The van der Waals surface area contributed by atoms with Gasteiger partial charge in [0.25, 0.3) is 0 Å². The Morgan fingerprint density at radius 1 is 1.29 bits per heavy atom. The molecular weight excluding hydrogens is 254 g/mol. The summed E-state index contributed by atoms with van der Waals surface area (Å²) in [7, 11) is -3.08. The van der Waals surface area contributed by atoms with E-state index in [0.717, 1.165) is 32.1 Å². The zero-order chi connectivity index (χ0) is 12.9. The highest BCUT2D eigenvalue weighted by atomic mass is 32.2. The molecular formula is C12H25NO2S2. The van der Waals surface area contributed by atoms with Crippen molar-refractivity contribution in [1.82, 2.24) is 4.72 Å². The van der Waals surface area contributed by atoms with Gasteiger partial charge in [-0.2, -0.15) is 11.8 Å². The number of thioether (sulfide) groups is 1. The first-order chi connectivity index (χ1) is 8.00. The van der Waals surface area contributed by atoms with E-state index >= 15 is 0 Å². The van der Waals surface area contributed by atoms with E-state index in [9.17, 15) is 8.42 Å². The maximum atomic E-state index is 12.0. The fourth-order valence-electron chi connectivity index (χ4n) is 2.40. The van der Waals surface area contributed by atoms with Crippen molar-refractivity contribution in [3.8, 4) is 0 Å². The Kier molecular flexibility index (Phi) is 6.31. The molecule has 1 aliphatic rings. The van der Waals surface area contributed by atoms with E-state index in [4.69, 9.17) is 0 Å². The van der Waals surface area contributed by atoms with E-state index in [1.807, 2.05) is 11.8 Å². The average molecular weight is 279 g/mol. The van der Waals surface area contributed by atoms with Crippen LogP contribution in [0.1, 0.15) is 46.0 Å². The van der Waals surface area contributed by atoms with Crippen LogP contribution in [0.4, 0.5) is 0 Å². The molecule has 1 N–H and O–H groups in total. The van der Waals surface area contributed by atoms with Crippen LogP contribution in [0.5, 0.6) is 0 Å². The topological polar surface area (TPSA) is 46.2 Å². The van der Waals surface area contributed by atoms with Crippen molar-refractivity contribution in [3.05, 3.63) is 0 Å². The third kappa shape index (κ3) is 5.18. The second-order valence-corrected chi connectivity index (χ2v) is 7.89. The second kappa shape index (κ2) is 7.00. The Hall–Kier alpha value is 0.260. The summed E-state index contributed by atoms with van der Waals surface area (Å²) in [5.74, 6) is 0.589. The molecule has 102 valence electrons. The molecule has 0 aromatic rings. The standard InChI is InChI=1S/C12H25NO2S2/c1-4-10(5-2)9-17(14,15)13-11-6-7-12(8-11)16-3/h10-13H,4-9H2,1-3H3/t11-,12+/m1/s1. The quantitative estimate of drug-likeness (QED) is 0.779. The molecule has 0 amide bonds. The molecule has 0 aromatic heterocycles. The number of hydrogen-bond acceptors (Lipinski definition) is 3. The fourth-order valence-corrected chi connectivity index (χ4v) is 5.10. The van der Waals surface area contributed by atoms with Gasteiger partial charge in [0.05, 0.1) is 5.75 Å². The van der Waals surface area contributed by atoms with Gasteiger partial charge in [-0.1, -0.05) is 26.7 Å². The lowest BCUT2D eigenvalue weighted by Crippen LogP contribution is -2.36. The summed E-state index contributed by atoms with van der Waals surface area (Å²) in [6, 6.07) is 0.173. The van der Waals surface area contributed by atoms with E-state index < -0.39 is 10.0 Å². The maximum absolute atomic E-state index is 12.0. The number of nitrogens with one attached hydrogen (secondary N) is 1. The molecule has 17 heavy (non-hydrogen) atoms. The molecule has 1 fully saturated rings. The summed E-state index contributed by atoms with van der Waals surface area (Å²) in [4.78, 5) is 0. The maximum Gasteiger partial charge on any atom is 0.212 e. The molecule has 0 spiro atoms. The van der Waals surface area contributed by atoms with Crippen molar-refractivity contribution >= 4 is 21.8 Å². The van der Waals surface area contributed by atoms with Crippen LogP contribution in [0.25, 0.3) is 0 Å². The van der Waals surface area contributed by atoms with Crippen molar-refractivity contribution < 1.29 is 8.42 Å². The third-order valence-corrected chi connectivity index (χ3v) is 6.37. The number of hydrogen-bond donors (Lipinski definition) is 1. The Balaban J connectivity index is 2.44. The van der Waals surface area contributed by atoms with Crippen molar-refractivity contribution in [3.63, 3.8) is 0 Å². The first-order valence-electron chi connectivity index (χ1n) is 6.53. The SMILES string of the molecule is CCC(CC)CS(=O)(=O)N[C@@H]1CC[C@H](SC)C1. The van der Waals surface area contributed by atoms with Gasteiger partial charge in [0, 0.05) is 11.3 Å². The van der Waals surface area contributed by atoms with E-state index in [-0.39, 0.29) is 6.04 Å². The van der Waals surface area contributed by atoms with Gasteiger partial charge in [0.2, 0.25) is 10.0 Å². The third-order valence-electron chi connectivity index (χ3n) is 3.67. The van der Waals surface area contributed by atoms with Gasteiger partial charge in [-0.25, -0.2) is 13.1 Å². The molecule has 2 atom stereocenters. The molecule has 1 aliphatic carbocycles. The van der Waals surface area contributed by atoms with Gasteiger partial charge in [0.1, 0.15) is 0 Å². The van der Waals surface area contributed by atoms with Crippen molar-refractivity contribution in [2.75, 3.05) is 12.0 Å². The van der Waals surface area contributed by atoms with Crippen LogP contribution >= 0.6 is 11.8 Å². The fraction of sp³-hybridized carbons (Fsp3) is 1.00. The number of rotatable bonds is 7. The zero-order valence-electron chi connectivity index (χ0n) is 11.1. The monoisotopic (exact) mass is 279 g/mol. The summed E-state index contributed by atoms with van der Waals surface area (Å²) in [5.41, 5.74) is 0. The molecule has 0 radical (unpaired) electrons. The van der Waals surface area contributed by atoms with Gasteiger partial charge in [-0.15, -0.1) is 0 Å². The average Bonchev–Trinajstić information content (AvgIpc) is 2.72. The Labute approximate surface area is 110 Å². The van der Waals surface area contributed by atoms with E-state index in [2.05, 4.69) is 24.8 Å². The summed E-state index contributed by atoms with van der Waals surface area (Å²) >= 11 is 1.85. The largest absolute Gasteiger partial charge is 0.212 e. The molecule has 0 bridgehead atoms. The van der Waals surface area contributed by atoms with Gasteiger partial charge in [-0.3, -0.25) is 0 Å². The van der Waals surface area contributed by atoms with Gasteiger partial charge in [0.15, 0.2) is 0 Å². The van der Waals surface area contributed by atoms with Crippen LogP contribution in [0.3, 0.4) is 0 Å². The summed E-state index contributed by atoms with van der Waals surface area (Å²) in [6.07, 6.45) is 7.10. The minimum absolute atomic E-state index is 0.173. The first kappa shape index (κ1) is 15.3. The van der Waals surface area contributed by atoms with E-state index in [1.165, 1.54) is 0 Å². The molecule has 0 heterocycles. The lowest BCUT2D eigenvalue weighted by molar-refractivity contribution is 0.506. The van der Waals surface area contributed by atoms with Gasteiger partial charge < -0.3 is 0 Å². The van der Waals surface area contributed by atoms with Crippen LogP contribution in [-0.2, 0) is 10.0 Å². The van der Waals surface area contributed by atoms with Crippen LogP contribution in [0.15, 0.2) is 0 Å². The molecule has 1 saturated carbocycles. The lowest BCUT2D eigenvalue weighted by atomic mass is 10.1. The van der Waals surface area contributed by atoms with Crippen LogP contribution in [0, 0.1) is 5.92 Å². The molecule has 0 aromatic carbocycles. The van der Waals surface area contributed by atoms with E-state index in [1.54, 1.807) is 0 Å². The van der Waals surface area contributed by atoms with Crippen molar-refractivity contribution in [2.45, 2.75) is 57.2 Å². The number of sulfonamides is 1. The normalized spacial score (nSPS) is 25.6. The second-order valence-electron chi connectivity index (χ2n) is 4.95. The molecule has 3 nitrogen and oxygen atoms in total. The lowest BCUT2D eigenvalue weighted by Gasteiger charge is -2.17. The van der Waals surface area contributed by atoms with Crippen LogP contribution in [0.2, 0.25) is 0 Å². The van der Waals surface area contributed by atoms with Crippen molar-refractivity contribution in [2.24, 2.45) is 5.92 Å². The highest BCUT2D eigenvalue weighted by Crippen LogP contribution is 2.28. The smallest absolute Gasteiger partial charge is 0.212 e. The first-order valence-corrected chi connectivity index (χ1v) is 9.47. The van der Waals surface area contributed by atoms with E-state index in [0.29, 0.717) is 16.9 Å². The predicted octanol–water partition coefficient (Wildman–Crippen LogP) is 2.63. The summed E-state index contributed by atoms with van der Waals surface area (Å²) in [5, 5.41) is 0.635. The molecule has 0 saturated heterocycles. The van der Waals surface area contributed by atoms with Crippen LogP contribution in [-0.4, -0.2) is 31.7 Å². The molecule has 0 unspecified atom stereocenters. The molecule has 5 heteroatoms. The zero-order valence-corrected chi connectivity index (χ0v) is 12.7. The summed E-state index contributed by atoms with van der Waals surface area (Å²) < 4.78 is 26.9. The molecule has 1 rings (SSSR count). The van der Waals surface area contributed by atoms with Crippen LogP contribution < -0.4 is 4.72 Å². The minimum atomic E-state index is -3.08. The Morgan fingerprint density at radius 2 is 1.94 bits per heavy atom. The van der Waals surface area contributed by atoms with Gasteiger partial charge in [-0.05, 0) is 31.4 Å². The Morgan fingerprint density at radius 3 is 2.41 bits per heavy atom. The van der Waals surface area contributed by atoms with Crippen molar-refractivity contribution in [1.29, 1.82) is 0 Å². The minimum Gasteiger partial charge on any atom is -0.212 e. The Bertz CT molecular complexity index is 312. The highest BCUT2D eigenvalue weighted by molar-refractivity contribution is 7.99.